The monoisotopic (exact) mass is 158 g/mol. The lowest BCUT2D eigenvalue weighted by molar-refractivity contribution is -0.148. The molecule has 0 aliphatic carbocycles. The Kier molecular flexibility index (Phi) is 7.03. The van der Waals surface area contributed by atoms with Crippen LogP contribution in [0.5, 0.6) is 0 Å². The first-order valence-electron chi connectivity index (χ1n) is 3.41. The Morgan fingerprint density at radius 2 is 1.64 bits per heavy atom. The molecule has 0 saturated heterocycles. The summed E-state index contributed by atoms with van der Waals surface area (Å²) in [5, 5.41) is 8.66. The maximum atomic E-state index is 8.66. The average molecular weight is 158 g/mol. The van der Waals surface area contributed by atoms with E-state index in [0.29, 0.717) is 13.2 Å². The highest BCUT2D eigenvalue weighted by atomic mass is 16.7. The second kappa shape index (κ2) is 7.47. The first-order chi connectivity index (χ1) is 5.35. The Balaban J connectivity index is 3.39. The molecule has 0 aromatic rings. The van der Waals surface area contributed by atoms with Gasteiger partial charge in [-0.1, -0.05) is 12.2 Å². The largest absolute Gasteiger partial charge is 0.391 e. The van der Waals surface area contributed by atoms with Crippen LogP contribution in [0.25, 0.3) is 0 Å². The van der Waals surface area contributed by atoms with Gasteiger partial charge in [0.2, 0.25) is 0 Å². The van der Waals surface area contributed by atoms with Crippen molar-refractivity contribution in [2.75, 3.05) is 19.8 Å². The van der Waals surface area contributed by atoms with Gasteiger partial charge in [-0.3, -0.25) is 0 Å². The van der Waals surface area contributed by atoms with Gasteiger partial charge in [0.15, 0.2) is 6.29 Å². The van der Waals surface area contributed by atoms with Gasteiger partial charge in [-0.2, -0.15) is 0 Å². The fourth-order valence-corrected chi connectivity index (χ4v) is 0.504. The second-order valence-corrected chi connectivity index (χ2v) is 1.86. The highest BCUT2D eigenvalue weighted by molar-refractivity contribution is 4.66. The van der Waals surface area contributed by atoms with Crippen molar-refractivity contribution in [3.63, 3.8) is 0 Å². The zero-order chi connectivity index (χ0) is 8.53. The predicted octanol–water partition coefficient (Wildman–Crippen LogP) is 0.710. The van der Waals surface area contributed by atoms with Gasteiger partial charge >= 0.3 is 0 Å². The Labute approximate surface area is 66.9 Å². The molecule has 1 N–H and O–H groups in total. The summed E-state index contributed by atoms with van der Waals surface area (Å²) in [7, 11) is 0. The van der Waals surface area contributed by atoms with E-state index < -0.39 is 6.29 Å². The van der Waals surface area contributed by atoms with Crippen molar-refractivity contribution in [1.82, 2.24) is 0 Å². The minimum atomic E-state index is -0.564. The van der Waals surface area contributed by atoms with Crippen LogP contribution in [0, 0.1) is 0 Å². The molecule has 0 aliphatic rings. The summed E-state index contributed by atoms with van der Waals surface area (Å²) in [5.41, 5.74) is 0. The van der Waals surface area contributed by atoms with Crippen molar-refractivity contribution in [1.29, 1.82) is 0 Å². The Morgan fingerprint density at radius 1 is 1.18 bits per heavy atom. The van der Waals surface area contributed by atoms with Crippen LogP contribution in [0.2, 0.25) is 0 Å². The van der Waals surface area contributed by atoms with E-state index in [4.69, 9.17) is 14.6 Å². The molecule has 0 saturated carbocycles. The lowest BCUT2D eigenvalue weighted by Gasteiger charge is -2.13. The summed E-state index contributed by atoms with van der Waals surface area (Å²) < 4.78 is 10.0. The molecular weight excluding hydrogens is 144 g/mol. The molecule has 0 radical (unpaired) electrons. The van der Waals surface area contributed by atoms with Gasteiger partial charge in [0.1, 0.15) is 0 Å². The summed E-state index contributed by atoms with van der Waals surface area (Å²) in [6.07, 6.45) is 2.63. The molecule has 3 nitrogen and oxygen atoms in total. The van der Waals surface area contributed by atoms with E-state index in [-0.39, 0.29) is 6.61 Å². The van der Waals surface area contributed by atoms with Gasteiger partial charge in [-0.25, -0.2) is 0 Å². The van der Waals surface area contributed by atoms with Gasteiger partial charge < -0.3 is 14.6 Å². The number of aliphatic hydroxyl groups is 1. The minimum absolute atomic E-state index is 0.151. The second-order valence-electron chi connectivity index (χ2n) is 1.86. The standard InChI is InChI=1S/C8H14O3/c1-3-5-10-8(7-9)11-6-4-2/h3-4,8-9H,1-2,5-7H2. The highest BCUT2D eigenvalue weighted by Crippen LogP contribution is 1.93. The van der Waals surface area contributed by atoms with E-state index in [9.17, 15) is 0 Å². The molecule has 0 rings (SSSR count). The molecule has 64 valence electrons. The molecule has 0 fully saturated rings. The van der Waals surface area contributed by atoms with Crippen LogP contribution in [0.15, 0.2) is 25.3 Å². The molecule has 0 heterocycles. The van der Waals surface area contributed by atoms with Crippen LogP contribution in [0.3, 0.4) is 0 Å². The van der Waals surface area contributed by atoms with Crippen molar-refractivity contribution in [2.45, 2.75) is 6.29 Å². The zero-order valence-electron chi connectivity index (χ0n) is 6.53. The molecule has 0 atom stereocenters. The first kappa shape index (κ1) is 10.4. The van der Waals surface area contributed by atoms with Crippen molar-refractivity contribution in [3.8, 4) is 0 Å². The van der Waals surface area contributed by atoms with E-state index in [1.54, 1.807) is 12.2 Å². The maximum Gasteiger partial charge on any atom is 0.181 e. The highest BCUT2D eigenvalue weighted by Gasteiger charge is 2.04. The third kappa shape index (κ3) is 5.79. The first-order valence-corrected chi connectivity index (χ1v) is 3.41. The summed E-state index contributed by atoms with van der Waals surface area (Å²) in [5.74, 6) is 0. The topological polar surface area (TPSA) is 38.7 Å². The van der Waals surface area contributed by atoms with Crippen molar-refractivity contribution >= 4 is 0 Å². The number of hydrogen-bond acceptors (Lipinski definition) is 3. The van der Waals surface area contributed by atoms with Crippen LogP contribution in [0.4, 0.5) is 0 Å². The number of ether oxygens (including phenoxy) is 2. The van der Waals surface area contributed by atoms with E-state index in [1.807, 2.05) is 0 Å². The molecule has 0 bridgehead atoms. The summed E-state index contributed by atoms with van der Waals surface area (Å²) >= 11 is 0. The molecule has 0 unspecified atom stereocenters. The molecule has 3 heteroatoms. The smallest absolute Gasteiger partial charge is 0.181 e. The van der Waals surface area contributed by atoms with Gasteiger partial charge in [-0.15, -0.1) is 13.2 Å². The molecule has 11 heavy (non-hydrogen) atoms. The van der Waals surface area contributed by atoms with Gasteiger partial charge in [0.25, 0.3) is 0 Å². The van der Waals surface area contributed by atoms with E-state index in [1.165, 1.54) is 0 Å². The van der Waals surface area contributed by atoms with E-state index in [2.05, 4.69) is 13.2 Å². The van der Waals surface area contributed by atoms with Crippen LogP contribution in [-0.4, -0.2) is 31.2 Å². The predicted molar refractivity (Wildman–Crippen MR) is 43.2 cm³/mol. The Hall–Kier alpha value is -0.640. The van der Waals surface area contributed by atoms with Crippen LogP contribution < -0.4 is 0 Å². The summed E-state index contributed by atoms with van der Waals surface area (Å²) in [6.45, 7) is 7.53. The molecule has 0 amide bonds. The Morgan fingerprint density at radius 3 is 1.91 bits per heavy atom. The third-order valence-corrected chi connectivity index (χ3v) is 0.949. The van der Waals surface area contributed by atoms with Crippen LogP contribution in [-0.2, 0) is 9.47 Å². The fourth-order valence-electron chi connectivity index (χ4n) is 0.504. The number of rotatable bonds is 7. The molecular formula is C8H14O3. The molecule has 0 aliphatic heterocycles. The number of hydrogen-bond donors (Lipinski definition) is 1. The SMILES string of the molecule is C=CCOC(CO)OCC=C. The quantitative estimate of drug-likeness (QED) is 0.438. The third-order valence-electron chi connectivity index (χ3n) is 0.949. The number of aliphatic hydroxyl groups excluding tert-OH is 1. The van der Waals surface area contributed by atoms with E-state index >= 15 is 0 Å². The summed E-state index contributed by atoms with van der Waals surface area (Å²) in [4.78, 5) is 0. The fraction of sp³-hybridized carbons (Fsp3) is 0.500. The van der Waals surface area contributed by atoms with Crippen molar-refractivity contribution in [2.24, 2.45) is 0 Å². The summed E-state index contributed by atoms with van der Waals surface area (Å²) in [6, 6.07) is 0. The van der Waals surface area contributed by atoms with Gasteiger partial charge in [0.05, 0.1) is 19.8 Å². The molecule has 0 aromatic heterocycles. The lowest BCUT2D eigenvalue weighted by Crippen LogP contribution is -2.21. The minimum Gasteiger partial charge on any atom is -0.391 e. The van der Waals surface area contributed by atoms with Crippen molar-refractivity contribution in [3.05, 3.63) is 25.3 Å². The van der Waals surface area contributed by atoms with Gasteiger partial charge in [-0.05, 0) is 0 Å². The molecule has 0 spiro atoms. The Bertz CT molecular complexity index is 99.9. The normalized spacial score (nSPS) is 10.0. The molecule has 0 aromatic carbocycles. The van der Waals surface area contributed by atoms with Crippen LogP contribution in [0.1, 0.15) is 0 Å². The van der Waals surface area contributed by atoms with E-state index in [0.717, 1.165) is 0 Å². The van der Waals surface area contributed by atoms with Crippen LogP contribution >= 0.6 is 0 Å². The van der Waals surface area contributed by atoms with Crippen molar-refractivity contribution < 1.29 is 14.6 Å². The lowest BCUT2D eigenvalue weighted by atomic mass is 10.6. The maximum absolute atomic E-state index is 8.66. The average Bonchev–Trinajstić information content (AvgIpc) is 2.05. The zero-order valence-corrected chi connectivity index (χ0v) is 6.53. The van der Waals surface area contributed by atoms with Gasteiger partial charge in [0, 0.05) is 0 Å².